The molecule has 0 aliphatic rings. The first-order chi connectivity index (χ1) is 32.0. The largest absolute Gasteiger partial charge is 0.462 e. The number of rotatable bonds is 48. The fraction of sp³-hybridized carbons (Fsp3) is 0.712. The molecule has 6 heteroatoms. The molecule has 6 nitrogen and oxygen atoms in total. The lowest BCUT2D eigenvalue weighted by Gasteiger charge is -2.18. The van der Waals surface area contributed by atoms with Crippen molar-refractivity contribution in [3.05, 3.63) is 85.1 Å². The first-order valence-electron chi connectivity index (χ1n) is 27.1. The summed E-state index contributed by atoms with van der Waals surface area (Å²) < 4.78 is 16.8. The minimum atomic E-state index is -0.799. The van der Waals surface area contributed by atoms with Crippen LogP contribution in [0.25, 0.3) is 0 Å². The maximum absolute atomic E-state index is 12.8. The molecule has 372 valence electrons. The van der Waals surface area contributed by atoms with Crippen molar-refractivity contribution in [2.75, 3.05) is 13.2 Å². The van der Waals surface area contributed by atoms with E-state index in [2.05, 4.69) is 106 Å². The van der Waals surface area contributed by atoms with E-state index in [1.54, 1.807) is 0 Å². The van der Waals surface area contributed by atoms with Crippen LogP contribution in [-0.4, -0.2) is 37.2 Å². The van der Waals surface area contributed by atoms with E-state index in [9.17, 15) is 14.4 Å². The van der Waals surface area contributed by atoms with Crippen molar-refractivity contribution in [2.24, 2.45) is 0 Å². The Hall–Kier alpha value is -3.41. The second-order valence-corrected chi connectivity index (χ2v) is 17.8. The van der Waals surface area contributed by atoms with E-state index in [0.717, 1.165) is 122 Å². The summed E-state index contributed by atoms with van der Waals surface area (Å²) in [5, 5.41) is 0. The first-order valence-corrected chi connectivity index (χ1v) is 27.1. The normalized spacial score (nSPS) is 12.7. The summed E-state index contributed by atoms with van der Waals surface area (Å²) in [6.07, 6.45) is 68.5. The maximum Gasteiger partial charge on any atom is 0.306 e. The number of unbranched alkanes of at least 4 members (excludes halogenated alkanes) is 25. The Kier molecular flexibility index (Phi) is 50.4. The van der Waals surface area contributed by atoms with Gasteiger partial charge in [-0.05, 0) is 103 Å². The fourth-order valence-corrected chi connectivity index (χ4v) is 7.32. The minimum absolute atomic E-state index is 0.0972. The Morgan fingerprint density at radius 3 is 1.06 bits per heavy atom. The van der Waals surface area contributed by atoms with E-state index in [4.69, 9.17) is 14.2 Å². The molecule has 65 heavy (non-hydrogen) atoms. The van der Waals surface area contributed by atoms with E-state index in [1.807, 2.05) is 0 Å². The smallest absolute Gasteiger partial charge is 0.306 e. The number of ether oxygens (including phenoxy) is 3. The van der Waals surface area contributed by atoms with Gasteiger partial charge in [0.15, 0.2) is 6.10 Å². The van der Waals surface area contributed by atoms with Crippen molar-refractivity contribution in [3.8, 4) is 0 Å². The van der Waals surface area contributed by atoms with Gasteiger partial charge in [0.25, 0.3) is 0 Å². The van der Waals surface area contributed by atoms with Crippen molar-refractivity contribution in [2.45, 2.75) is 258 Å². The quantitative estimate of drug-likeness (QED) is 0.0199. The first kappa shape index (κ1) is 61.6. The zero-order valence-corrected chi connectivity index (χ0v) is 42.5. The molecule has 0 spiro atoms. The average Bonchev–Trinajstić information content (AvgIpc) is 3.30. The Balaban J connectivity index is 4.46. The zero-order valence-electron chi connectivity index (χ0n) is 42.5. The molecular formula is C59H100O6. The van der Waals surface area contributed by atoms with Gasteiger partial charge in [-0.25, -0.2) is 0 Å². The van der Waals surface area contributed by atoms with Gasteiger partial charge in [-0.15, -0.1) is 0 Å². The Bertz CT molecular complexity index is 1270. The van der Waals surface area contributed by atoms with Gasteiger partial charge >= 0.3 is 17.9 Å². The number of carbonyl (C=O) groups is 3. The van der Waals surface area contributed by atoms with E-state index < -0.39 is 6.10 Å². The highest BCUT2D eigenvalue weighted by Crippen LogP contribution is 2.14. The van der Waals surface area contributed by atoms with E-state index in [0.29, 0.717) is 19.3 Å². The van der Waals surface area contributed by atoms with E-state index in [1.165, 1.54) is 89.9 Å². The fourth-order valence-electron chi connectivity index (χ4n) is 7.32. The second kappa shape index (κ2) is 53.2. The molecule has 0 saturated heterocycles. The van der Waals surface area contributed by atoms with Gasteiger partial charge in [-0.3, -0.25) is 14.4 Å². The van der Waals surface area contributed by atoms with Gasteiger partial charge in [-0.1, -0.05) is 215 Å². The summed E-state index contributed by atoms with van der Waals surface area (Å²) in [4.78, 5) is 38.0. The van der Waals surface area contributed by atoms with Crippen LogP contribution in [0.15, 0.2) is 85.1 Å². The Labute approximate surface area is 401 Å². The lowest BCUT2D eigenvalue weighted by Crippen LogP contribution is -2.30. The van der Waals surface area contributed by atoms with Crippen LogP contribution < -0.4 is 0 Å². The molecule has 0 fully saturated rings. The monoisotopic (exact) mass is 905 g/mol. The van der Waals surface area contributed by atoms with Crippen LogP contribution in [0.2, 0.25) is 0 Å². The third kappa shape index (κ3) is 51.4. The third-order valence-corrected chi connectivity index (χ3v) is 11.4. The van der Waals surface area contributed by atoms with Crippen LogP contribution in [-0.2, 0) is 28.6 Å². The number of esters is 3. The summed E-state index contributed by atoms with van der Waals surface area (Å²) in [5.74, 6) is -0.944. The van der Waals surface area contributed by atoms with Crippen molar-refractivity contribution in [1.82, 2.24) is 0 Å². The van der Waals surface area contributed by atoms with Crippen LogP contribution in [0.1, 0.15) is 252 Å². The van der Waals surface area contributed by atoms with Crippen molar-refractivity contribution < 1.29 is 28.6 Å². The number of carbonyl (C=O) groups excluding carboxylic acids is 3. The summed E-state index contributed by atoms with van der Waals surface area (Å²) in [5.41, 5.74) is 0. The number of allylic oxidation sites excluding steroid dienone is 14. The van der Waals surface area contributed by atoms with Crippen molar-refractivity contribution in [3.63, 3.8) is 0 Å². The molecule has 0 aliphatic carbocycles. The zero-order chi connectivity index (χ0) is 47.2. The molecule has 0 heterocycles. The molecule has 0 radical (unpaired) electrons. The van der Waals surface area contributed by atoms with Gasteiger partial charge in [0.2, 0.25) is 0 Å². The molecule has 0 aromatic rings. The maximum atomic E-state index is 12.8. The summed E-state index contributed by atoms with van der Waals surface area (Å²) in [7, 11) is 0. The highest BCUT2D eigenvalue weighted by Gasteiger charge is 2.19. The van der Waals surface area contributed by atoms with Gasteiger partial charge < -0.3 is 14.2 Å². The van der Waals surface area contributed by atoms with Crippen LogP contribution in [0, 0.1) is 0 Å². The molecule has 0 aromatic carbocycles. The molecule has 0 aliphatic heterocycles. The highest BCUT2D eigenvalue weighted by molar-refractivity contribution is 5.71. The Morgan fingerprint density at radius 2 is 0.646 bits per heavy atom. The van der Waals surface area contributed by atoms with Gasteiger partial charge in [0, 0.05) is 19.3 Å². The van der Waals surface area contributed by atoms with Crippen LogP contribution in [0.3, 0.4) is 0 Å². The summed E-state index contributed by atoms with van der Waals surface area (Å²) >= 11 is 0. The number of hydrogen-bond acceptors (Lipinski definition) is 6. The van der Waals surface area contributed by atoms with Gasteiger partial charge in [-0.2, -0.15) is 0 Å². The topological polar surface area (TPSA) is 78.9 Å². The number of hydrogen-bond donors (Lipinski definition) is 0. The lowest BCUT2D eigenvalue weighted by atomic mass is 10.1. The predicted molar refractivity (Wildman–Crippen MR) is 279 cm³/mol. The van der Waals surface area contributed by atoms with Gasteiger partial charge in [0.1, 0.15) is 13.2 Å². The molecule has 0 aromatic heterocycles. The molecule has 0 rings (SSSR count). The Morgan fingerprint density at radius 1 is 0.338 bits per heavy atom. The molecule has 1 unspecified atom stereocenters. The predicted octanol–water partition coefficient (Wildman–Crippen LogP) is 18.0. The summed E-state index contributed by atoms with van der Waals surface area (Å²) in [6.45, 7) is 6.45. The van der Waals surface area contributed by atoms with Crippen LogP contribution >= 0.6 is 0 Å². The third-order valence-electron chi connectivity index (χ3n) is 11.4. The van der Waals surface area contributed by atoms with E-state index >= 15 is 0 Å². The second-order valence-electron chi connectivity index (χ2n) is 17.8. The molecule has 0 saturated carbocycles. The SMILES string of the molecule is CC/C=C\C/C=C\C/C=C\CCCCCCC(=O)OCC(COC(=O)CCCCCCC/C=C\C=C/CCCCCCCCC)OC(=O)CCCCCCCC/C=C\C=C/CCCCC. The molecule has 0 amide bonds. The molecular weight excluding hydrogens is 805 g/mol. The standard InChI is InChI=1S/C59H100O6/c1-4-7-10-13-16-19-22-25-28-29-30-32-34-37-40-43-46-49-52-58(61)64-55-56(54-63-57(60)51-48-45-42-39-36-33-27-24-21-18-15-12-9-6-3)65-59(62)53-50-47-44-41-38-35-31-26-23-20-17-14-11-8-5-2/h9,12,17-18,20-21,23,26-30,32-33,56H,4-8,10-11,13-16,19,22,24-25,31,34-55H2,1-3H3/b12-9-,20-17-,21-18-,26-23-,29-28-,32-30-,33-27-. The van der Waals surface area contributed by atoms with Crippen LogP contribution in [0.5, 0.6) is 0 Å². The average molecular weight is 905 g/mol. The molecule has 0 N–H and O–H groups in total. The van der Waals surface area contributed by atoms with E-state index in [-0.39, 0.29) is 31.1 Å². The highest BCUT2D eigenvalue weighted by atomic mass is 16.6. The van der Waals surface area contributed by atoms with Crippen molar-refractivity contribution >= 4 is 17.9 Å². The lowest BCUT2D eigenvalue weighted by molar-refractivity contribution is -0.167. The summed E-state index contributed by atoms with van der Waals surface area (Å²) in [6, 6.07) is 0. The molecule has 1 atom stereocenters. The van der Waals surface area contributed by atoms with Crippen molar-refractivity contribution in [1.29, 1.82) is 0 Å². The minimum Gasteiger partial charge on any atom is -0.462 e. The van der Waals surface area contributed by atoms with Gasteiger partial charge in [0.05, 0.1) is 0 Å². The van der Waals surface area contributed by atoms with Crippen LogP contribution in [0.4, 0.5) is 0 Å². The molecule has 0 bridgehead atoms.